The SMILES string of the molecule is Cc1ccc(NS(=O)(=O)c2ccc(Cl)c(C(=O)Nc3ccc4[nH]ncc4c3)c2)cc1C. The molecule has 0 bridgehead atoms. The first kappa shape index (κ1) is 20.9. The molecule has 1 heterocycles. The van der Waals surface area contributed by atoms with Gasteiger partial charge in [-0.25, -0.2) is 8.42 Å². The fourth-order valence-corrected chi connectivity index (χ4v) is 4.36. The Morgan fingerprint density at radius 2 is 1.74 bits per heavy atom. The number of sulfonamides is 1. The average Bonchev–Trinajstić information content (AvgIpc) is 3.18. The first-order valence-corrected chi connectivity index (χ1v) is 11.2. The van der Waals surface area contributed by atoms with Crippen LogP contribution in [0, 0.1) is 13.8 Å². The van der Waals surface area contributed by atoms with E-state index in [1.165, 1.54) is 18.2 Å². The van der Waals surface area contributed by atoms with Crippen LogP contribution in [0.3, 0.4) is 0 Å². The summed E-state index contributed by atoms with van der Waals surface area (Å²) in [6, 6.07) is 14.6. The lowest BCUT2D eigenvalue weighted by Crippen LogP contribution is -2.16. The summed E-state index contributed by atoms with van der Waals surface area (Å²) in [4.78, 5) is 12.7. The van der Waals surface area contributed by atoms with E-state index >= 15 is 0 Å². The highest BCUT2D eigenvalue weighted by atomic mass is 35.5. The van der Waals surface area contributed by atoms with Crippen LogP contribution in [0.5, 0.6) is 0 Å². The van der Waals surface area contributed by atoms with E-state index in [9.17, 15) is 13.2 Å². The maximum atomic E-state index is 12.9. The number of fused-ring (bicyclic) bond motifs is 1. The quantitative estimate of drug-likeness (QED) is 0.399. The second-order valence-electron chi connectivity index (χ2n) is 7.17. The third kappa shape index (κ3) is 4.40. The number of hydrogen-bond donors (Lipinski definition) is 3. The molecule has 0 radical (unpaired) electrons. The Bertz CT molecular complexity index is 1410. The second kappa shape index (κ2) is 8.05. The third-order valence-corrected chi connectivity index (χ3v) is 6.66. The molecule has 0 spiro atoms. The minimum Gasteiger partial charge on any atom is -0.322 e. The lowest BCUT2D eigenvalue weighted by molar-refractivity contribution is 0.102. The predicted octanol–water partition coefficient (Wildman–Crippen LogP) is 4.89. The molecule has 3 N–H and O–H groups in total. The van der Waals surface area contributed by atoms with Crippen molar-refractivity contribution in [2.24, 2.45) is 0 Å². The van der Waals surface area contributed by atoms with Gasteiger partial charge in [-0.15, -0.1) is 0 Å². The van der Waals surface area contributed by atoms with E-state index in [1.54, 1.807) is 36.5 Å². The number of H-pyrrole nitrogens is 1. The van der Waals surface area contributed by atoms with Crippen LogP contribution >= 0.6 is 11.6 Å². The minimum atomic E-state index is -3.91. The molecule has 0 saturated heterocycles. The Hall–Kier alpha value is -3.36. The summed E-state index contributed by atoms with van der Waals surface area (Å²) in [5.74, 6) is -0.518. The number of rotatable bonds is 5. The summed E-state index contributed by atoms with van der Waals surface area (Å²) >= 11 is 6.19. The van der Waals surface area contributed by atoms with Gasteiger partial charge < -0.3 is 5.32 Å². The lowest BCUT2D eigenvalue weighted by atomic mass is 10.1. The molecule has 0 aliphatic rings. The Balaban J connectivity index is 1.60. The van der Waals surface area contributed by atoms with E-state index in [0.29, 0.717) is 11.4 Å². The number of aromatic amines is 1. The number of amides is 1. The number of halogens is 1. The molecule has 0 atom stereocenters. The molecule has 1 amide bonds. The Kier molecular flexibility index (Phi) is 5.43. The van der Waals surface area contributed by atoms with Crippen LogP contribution in [0.1, 0.15) is 21.5 Å². The maximum Gasteiger partial charge on any atom is 0.261 e. The molecule has 3 aromatic carbocycles. The Labute approximate surface area is 184 Å². The van der Waals surface area contributed by atoms with Gasteiger partial charge in [0.15, 0.2) is 0 Å². The van der Waals surface area contributed by atoms with Gasteiger partial charge in [0.2, 0.25) is 0 Å². The van der Waals surface area contributed by atoms with E-state index < -0.39 is 15.9 Å². The minimum absolute atomic E-state index is 0.0527. The van der Waals surface area contributed by atoms with Crippen molar-refractivity contribution in [3.8, 4) is 0 Å². The summed E-state index contributed by atoms with van der Waals surface area (Å²) in [6.45, 7) is 3.85. The van der Waals surface area contributed by atoms with Gasteiger partial charge in [0.1, 0.15) is 0 Å². The topological polar surface area (TPSA) is 104 Å². The first-order valence-electron chi connectivity index (χ1n) is 9.37. The van der Waals surface area contributed by atoms with Crippen molar-refractivity contribution in [2.45, 2.75) is 18.7 Å². The lowest BCUT2D eigenvalue weighted by Gasteiger charge is -2.12. The standard InChI is InChI=1S/C22H19ClN4O3S/c1-13-3-4-17(9-14(13)2)27-31(29,30)18-6-7-20(23)19(11-18)22(28)25-16-5-8-21-15(10-16)12-24-26-21/h3-12,27H,1-2H3,(H,24,26)(H,25,28). The van der Waals surface area contributed by atoms with Gasteiger partial charge in [-0.3, -0.25) is 14.6 Å². The molecule has 7 nitrogen and oxygen atoms in total. The number of hydrogen-bond acceptors (Lipinski definition) is 4. The summed E-state index contributed by atoms with van der Waals surface area (Å²) < 4.78 is 28.3. The van der Waals surface area contributed by atoms with Crippen LogP contribution in [0.15, 0.2) is 65.7 Å². The number of benzene rings is 3. The molecule has 0 aliphatic heterocycles. The summed E-state index contributed by atoms with van der Waals surface area (Å²) in [7, 11) is -3.91. The van der Waals surface area contributed by atoms with Gasteiger partial charge in [-0.1, -0.05) is 17.7 Å². The summed E-state index contributed by atoms with van der Waals surface area (Å²) in [6.07, 6.45) is 1.64. The smallest absolute Gasteiger partial charge is 0.261 e. The molecule has 0 fully saturated rings. The van der Waals surface area contributed by atoms with E-state index in [1.807, 2.05) is 19.9 Å². The van der Waals surface area contributed by atoms with Crippen molar-refractivity contribution >= 4 is 49.8 Å². The monoisotopic (exact) mass is 454 g/mol. The summed E-state index contributed by atoms with van der Waals surface area (Å²) in [5.41, 5.74) is 3.89. The molecule has 0 aliphatic carbocycles. The molecule has 4 aromatic rings. The molecular formula is C22H19ClN4O3S. The van der Waals surface area contributed by atoms with Gasteiger partial charge in [0, 0.05) is 16.8 Å². The van der Waals surface area contributed by atoms with Crippen molar-refractivity contribution in [2.75, 3.05) is 10.0 Å². The van der Waals surface area contributed by atoms with Crippen LogP contribution in [-0.4, -0.2) is 24.5 Å². The third-order valence-electron chi connectivity index (χ3n) is 4.95. The summed E-state index contributed by atoms with van der Waals surface area (Å²) in [5, 5.41) is 10.5. The van der Waals surface area contributed by atoms with E-state index in [2.05, 4.69) is 20.2 Å². The zero-order valence-corrected chi connectivity index (χ0v) is 18.3. The van der Waals surface area contributed by atoms with Crippen molar-refractivity contribution in [3.63, 3.8) is 0 Å². The number of nitrogens with one attached hydrogen (secondary N) is 3. The normalized spacial score (nSPS) is 11.5. The van der Waals surface area contributed by atoms with E-state index in [4.69, 9.17) is 11.6 Å². The number of aromatic nitrogens is 2. The van der Waals surface area contributed by atoms with Gasteiger partial charge in [-0.05, 0) is 73.5 Å². The molecular weight excluding hydrogens is 436 g/mol. The number of anilines is 2. The average molecular weight is 455 g/mol. The van der Waals surface area contributed by atoms with Crippen LogP contribution in [0.2, 0.25) is 5.02 Å². The Morgan fingerprint density at radius 3 is 2.52 bits per heavy atom. The molecule has 1 aromatic heterocycles. The van der Waals surface area contributed by atoms with Gasteiger partial charge in [0.25, 0.3) is 15.9 Å². The fraction of sp³-hybridized carbons (Fsp3) is 0.0909. The molecule has 158 valence electrons. The highest BCUT2D eigenvalue weighted by molar-refractivity contribution is 7.92. The van der Waals surface area contributed by atoms with Gasteiger partial charge in [0.05, 0.1) is 27.2 Å². The molecule has 9 heteroatoms. The highest BCUT2D eigenvalue weighted by Crippen LogP contribution is 2.25. The number of nitrogens with zero attached hydrogens (tertiary/aromatic N) is 1. The van der Waals surface area contributed by atoms with Gasteiger partial charge in [-0.2, -0.15) is 5.10 Å². The van der Waals surface area contributed by atoms with E-state index in [-0.39, 0.29) is 15.5 Å². The molecule has 31 heavy (non-hydrogen) atoms. The Morgan fingerprint density at radius 1 is 0.968 bits per heavy atom. The van der Waals surface area contributed by atoms with Crippen molar-refractivity contribution in [3.05, 3.63) is 82.5 Å². The highest BCUT2D eigenvalue weighted by Gasteiger charge is 2.19. The molecule has 0 unspecified atom stereocenters. The first-order chi connectivity index (χ1) is 14.7. The van der Waals surface area contributed by atoms with E-state index in [0.717, 1.165) is 22.0 Å². The van der Waals surface area contributed by atoms with Crippen LogP contribution in [0.4, 0.5) is 11.4 Å². The second-order valence-corrected chi connectivity index (χ2v) is 9.26. The van der Waals surface area contributed by atoms with Crippen LogP contribution in [0.25, 0.3) is 10.9 Å². The number of carbonyl (C=O) groups excluding carboxylic acids is 1. The van der Waals surface area contributed by atoms with Crippen molar-refractivity contribution < 1.29 is 13.2 Å². The zero-order valence-electron chi connectivity index (χ0n) is 16.7. The van der Waals surface area contributed by atoms with Crippen molar-refractivity contribution in [1.29, 1.82) is 0 Å². The van der Waals surface area contributed by atoms with Crippen LogP contribution < -0.4 is 10.0 Å². The fourth-order valence-electron chi connectivity index (χ4n) is 3.08. The van der Waals surface area contributed by atoms with Gasteiger partial charge >= 0.3 is 0 Å². The predicted molar refractivity (Wildman–Crippen MR) is 122 cm³/mol. The van der Waals surface area contributed by atoms with Crippen LogP contribution in [-0.2, 0) is 10.0 Å². The maximum absolute atomic E-state index is 12.9. The molecule has 4 rings (SSSR count). The number of aryl methyl sites for hydroxylation is 2. The largest absolute Gasteiger partial charge is 0.322 e. The molecule has 0 saturated carbocycles. The van der Waals surface area contributed by atoms with Crippen molar-refractivity contribution in [1.82, 2.24) is 10.2 Å². The number of carbonyl (C=O) groups is 1. The zero-order chi connectivity index (χ0) is 22.2.